The summed E-state index contributed by atoms with van der Waals surface area (Å²) in [5.41, 5.74) is 0.883. The van der Waals surface area contributed by atoms with Crippen LogP contribution in [0, 0.1) is 17.0 Å². The van der Waals surface area contributed by atoms with E-state index in [1.807, 2.05) is 19.2 Å². The number of rotatable bonds is 5. The fraction of sp³-hybridized carbons (Fsp3) is 0.286. The molecule has 1 heterocycles. The van der Waals surface area contributed by atoms with Crippen molar-refractivity contribution in [1.82, 2.24) is 15.1 Å². The Kier molecular flexibility index (Phi) is 4.32. The Labute approximate surface area is 121 Å². The molecule has 1 amide bonds. The van der Waals surface area contributed by atoms with E-state index in [-0.39, 0.29) is 17.6 Å². The van der Waals surface area contributed by atoms with Gasteiger partial charge in [-0.15, -0.1) is 0 Å². The maximum absolute atomic E-state index is 12.1. The molecule has 0 aliphatic heterocycles. The van der Waals surface area contributed by atoms with Gasteiger partial charge in [0.2, 0.25) is 0 Å². The van der Waals surface area contributed by atoms with Crippen molar-refractivity contribution < 1.29 is 9.72 Å². The van der Waals surface area contributed by atoms with Crippen LogP contribution in [-0.4, -0.2) is 26.7 Å². The molecular formula is C14H16N4O3. The number of carbonyl (C=O) groups excluding carboxylic acids is 1. The van der Waals surface area contributed by atoms with E-state index in [0.29, 0.717) is 17.7 Å². The number of nitrogens with one attached hydrogen (secondary N) is 1. The zero-order valence-corrected chi connectivity index (χ0v) is 11.8. The molecule has 0 saturated carbocycles. The molecule has 1 N–H and O–H groups in total. The van der Waals surface area contributed by atoms with Gasteiger partial charge in [0.25, 0.3) is 11.6 Å². The summed E-state index contributed by atoms with van der Waals surface area (Å²) in [7, 11) is 0. The Morgan fingerprint density at radius 1 is 1.52 bits per heavy atom. The number of hydrogen-bond donors (Lipinski definition) is 1. The summed E-state index contributed by atoms with van der Waals surface area (Å²) in [6.07, 6.45) is 3.49. The van der Waals surface area contributed by atoms with Crippen LogP contribution in [0.15, 0.2) is 36.7 Å². The molecule has 0 aliphatic rings. The van der Waals surface area contributed by atoms with Gasteiger partial charge in [0, 0.05) is 35.6 Å². The van der Waals surface area contributed by atoms with Crippen LogP contribution in [0.25, 0.3) is 0 Å². The van der Waals surface area contributed by atoms with Gasteiger partial charge in [0.05, 0.1) is 11.5 Å². The first kappa shape index (κ1) is 14.7. The normalized spacial score (nSPS) is 11.9. The average Bonchev–Trinajstić information content (AvgIpc) is 2.90. The number of benzene rings is 1. The van der Waals surface area contributed by atoms with Crippen LogP contribution < -0.4 is 5.32 Å². The van der Waals surface area contributed by atoms with Crippen LogP contribution >= 0.6 is 0 Å². The van der Waals surface area contributed by atoms with E-state index in [4.69, 9.17) is 0 Å². The van der Waals surface area contributed by atoms with Gasteiger partial charge < -0.3 is 5.32 Å². The molecule has 1 aromatic heterocycles. The summed E-state index contributed by atoms with van der Waals surface area (Å²) in [5.74, 6) is -0.257. The van der Waals surface area contributed by atoms with Crippen molar-refractivity contribution >= 4 is 11.6 Å². The largest absolute Gasteiger partial charge is 0.348 e. The molecule has 110 valence electrons. The Hall–Kier alpha value is -2.70. The Balaban J connectivity index is 2.03. The molecule has 21 heavy (non-hydrogen) atoms. The number of aromatic nitrogens is 2. The van der Waals surface area contributed by atoms with Gasteiger partial charge in [-0.3, -0.25) is 19.6 Å². The first-order chi connectivity index (χ1) is 9.97. The summed E-state index contributed by atoms with van der Waals surface area (Å²) in [5, 5.41) is 17.7. The van der Waals surface area contributed by atoms with E-state index in [0.717, 1.165) is 0 Å². The van der Waals surface area contributed by atoms with Gasteiger partial charge in [0.1, 0.15) is 0 Å². The standard InChI is InChI=1S/C14H16N4O3/c1-10-8-12(4-5-13(10)18(20)21)14(19)16-11(2)9-17-7-3-6-15-17/h3-8,11H,9H2,1-2H3,(H,16,19). The van der Waals surface area contributed by atoms with E-state index in [1.165, 1.54) is 18.2 Å². The van der Waals surface area contributed by atoms with Gasteiger partial charge in [-0.05, 0) is 32.0 Å². The van der Waals surface area contributed by atoms with Crippen molar-refractivity contribution in [2.45, 2.75) is 26.4 Å². The SMILES string of the molecule is Cc1cc(C(=O)NC(C)Cn2cccn2)ccc1[N+](=O)[O-]. The number of nitrogens with zero attached hydrogens (tertiary/aromatic N) is 3. The first-order valence-electron chi connectivity index (χ1n) is 6.50. The highest BCUT2D eigenvalue weighted by molar-refractivity contribution is 5.94. The second-order valence-electron chi connectivity index (χ2n) is 4.86. The molecule has 1 atom stereocenters. The summed E-state index contributed by atoms with van der Waals surface area (Å²) >= 11 is 0. The van der Waals surface area contributed by atoms with E-state index in [1.54, 1.807) is 17.8 Å². The highest BCUT2D eigenvalue weighted by Gasteiger charge is 2.15. The predicted molar refractivity (Wildman–Crippen MR) is 77.0 cm³/mol. The zero-order chi connectivity index (χ0) is 15.4. The third kappa shape index (κ3) is 3.65. The number of nitro groups is 1. The lowest BCUT2D eigenvalue weighted by atomic mass is 10.1. The van der Waals surface area contributed by atoms with Crippen LogP contribution in [-0.2, 0) is 6.54 Å². The molecule has 7 heteroatoms. The minimum Gasteiger partial charge on any atom is -0.348 e. The van der Waals surface area contributed by atoms with Crippen molar-refractivity contribution in [1.29, 1.82) is 0 Å². The van der Waals surface area contributed by atoms with E-state index in [9.17, 15) is 14.9 Å². The van der Waals surface area contributed by atoms with Crippen molar-refractivity contribution in [3.8, 4) is 0 Å². The lowest BCUT2D eigenvalue weighted by molar-refractivity contribution is -0.385. The molecule has 1 aromatic carbocycles. The van der Waals surface area contributed by atoms with Crippen LogP contribution in [0.4, 0.5) is 5.69 Å². The van der Waals surface area contributed by atoms with Gasteiger partial charge in [0.15, 0.2) is 0 Å². The number of amides is 1. The molecule has 0 aliphatic carbocycles. The topological polar surface area (TPSA) is 90.1 Å². The third-order valence-electron chi connectivity index (χ3n) is 3.05. The second-order valence-corrected chi connectivity index (χ2v) is 4.86. The minimum absolute atomic E-state index is 0.0103. The fourth-order valence-corrected chi connectivity index (χ4v) is 2.04. The molecule has 2 rings (SSSR count). The van der Waals surface area contributed by atoms with Crippen molar-refractivity contribution in [2.75, 3.05) is 0 Å². The van der Waals surface area contributed by atoms with Gasteiger partial charge in [-0.25, -0.2) is 0 Å². The molecule has 7 nitrogen and oxygen atoms in total. The van der Waals surface area contributed by atoms with Crippen molar-refractivity contribution in [3.63, 3.8) is 0 Å². The summed E-state index contributed by atoms with van der Waals surface area (Å²) < 4.78 is 1.73. The third-order valence-corrected chi connectivity index (χ3v) is 3.05. The summed E-state index contributed by atoms with van der Waals surface area (Å²) in [6.45, 7) is 4.05. The highest BCUT2D eigenvalue weighted by atomic mass is 16.6. The zero-order valence-electron chi connectivity index (χ0n) is 11.8. The molecular weight excluding hydrogens is 272 g/mol. The molecule has 2 aromatic rings. The first-order valence-corrected chi connectivity index (χ1v) is 6.50. The lowest BCUT2D eigenvalue weighted by Crippen LogP contribution is -2.35. The maximum Gasteiger partial charge on any atom is 0.272 e. The molecule has 0 saturated heterocycles. The Morgan fingerprint density at radius 2 is 2.29 bits per heavy atom. The summed E-state index contributed by atoms with van der Waals surface area (Å²) in [6, 6.07) is 6.04. The van der Waals surface area contributed by atoms with E-state index < -0.39 is 4.92 Å². The molecule has 1 unspecified atom stereocenters. The van der Waals surface area contributed by atoms with Crippen molar-refractivity contribution in [3.05, 3.63) is 57.9 Å². The number of nitro benzene ring substituents is 1. The molecule has 0 bridgehead atoms. The second kappa shape index (κ2) is 6.17. The van der Waals surface area contributed by atoms with E-state index in [2.05, 4.69) is 10.4 Å². The molecule has 0 spiro atoms. The molecule has 0 fully saturated rings. The monoisotopic (exact) mass is 288 g/mol. The number of hydrogen-bond acceptors (Lipinski definition) is 4. The maximum atomic E-state index is 12.1. The average molecular weight is 288 g/mol. The smallest absolute Gasteiger partial charge is 0.272 e. The van der Waals surface area contributed by atoms with E-state index >= 15 is 0 Å². The van der Waals surface area contributed by atoms with Crippen LogP contribution in [0.5, 0.6) is 0 Å². The summed E-state index contributed by atoms with van der Waals surface area (Å²) in [4.78, 5) is 22.4. The minimum atomic E-state index is -0.461. The lowest BCUT2D eigenvalue weighted by Gasteiger charge is -2.14. The van der Waals surface area contributed by atoms with Gasteiger partial charge in [-0.1, -0.05) is 0 Å². The highest BCUT2D eigenvalue weighted by Crippen LogP contribution is 2.18. The predicted octanol–water partition coefficient (Wildman–Crippen LogP) is 1.92. The van der Waals surface area contributed by atoms with Gasteiger partial charge >= 0.3 is 0 Å². The van der Waals surface area contributed by atoms with Crippen molar-refractivity contribution in [2.24, 2.45) is 0 Å². The quantitative estimate of drug-likeness (QED) is 0.672. The van der Waals surface area contributed by atoms with Crippen LogP contribution in [0.1, 0.15) is 22.8 Å². The fourth-order valence-electron chi connectivity index (χ4n) is 2.04. The van der Waals surface area contributed by atoms with Crippen LogP contribution in [0.2, 0.25) is 0 Å². The van der Waals surface area contributed by atoms with Gasteiger partial charge in [-0.2, -0.15) is 5.10 Å². The molecule has 0 radical (unpaired) electrons. The Bertz CT molecular complexity index is 652. The number of aryl methyl sites for hydroxylation is 1. The number of carbonyl (C=O) groups is 1. The Morgan fingerprint density at radius 3 is 2.86 bits per heavy atom. The van der Waals surface area contributed by atoms with Crippen LogP contribution in [0.3, 0.4) is 0 Å².